The maximum Gasteiger partial charge on any atom is 0.248 e. The van der Waals surface area contributed by atoms with E-state index in [1.54, 1.807) is 18.2 Å². The monoisotopic (exact) mass is 468 g/mol. The SMILES string of the molecule is Nc1ccccc1NC(=O)/C=C/c1ccc(C(NC2CCCC2)C(=O)NCc2ccccc2)cc1. The summed E-state index contributed by atoms with van der Waals surface area (Å²) in [6, 6.07) is 24.7. The molecule has 3 aromatic rings. The molecule has 5 N–H and O–H groups in total. The molecule has 0 spiro atoms. The van der Waals surface area contributed by atoms with E-state index in [0.29, 0.717) is 24.0 Å². The molecule has 1 saturated carbocycles. The molecule has 1 unspecified atom stereocenters. The van der Waals surface area contributed by atoms with Crippen molar-refractivity contribution in [2.24, 2.45) is 0 Å². The van der Waals surface area contributed by atoms with Crippen LogP contribution in [0.4, 0.5) is 11.4 Å². The van der Waals surface area contributed by atoms with Crippen molar-refractivity contribution in [3.63, 3.8) is 0 Å². The van der Waals surface area contributed by atoms with Crippen LogP contribution in [-0.2, 0) is 16.1 Å². The summed E-state index contributed by atoms with van der Waals surface area (Å²) in [5, 5.41) is 9.42. The Kier molecular flexibility index (Phi) is 8.30. The lowest BCUT2D eigenvalue weighted by atomic mass is 10.0. The molecular formula is C29H32N4O2. The van der Waals surface area contributed by atoms with Crippen LogP contribution in [0.1, 0.15) is 48.4 Å². The lowest BCUT2D eigenvalue weighted by Crippen LogP contribution is -2.41. The summed E-state index contributed by atoms with van der Waals surface area (Å²) in [5.74, 6) is -0.295. The van der Waals surface area contributed by atoms with E-state index < -0.39 is 6.04 Å². The zero-order chi connectivity index (χ0) is 24.5. The Balaban J connectivity index is 1.41. The summed E-state index contributed by atoms with van der Waals surface area (Å²) in [7, 11) is 0. The second-order valence-electron chi connectivity index (χ2n) is 8.86. The number of para-hydroxylation sites is 2. The van der Waals surface area contributed by atoms with Gasteiger partial charge < -0.3 is 16.4 Å². The molecule has 1 aliphatic carbocycles. The molecule has 0 heterocycles. The molecule has 6 nitrogen and oxygen atoms in total. The zero-order valence-electron chi connectivity index (χ0n) is 19.7. The fourth-order valence-corrected chi connectivity index (χ4v) is 4.30. The van der Waals surface area contributed by atoms with E-state index >= 15 is 0 Å². The van der Waals surface area contributed by atoms with E-state index in [4.69, 9.17) is 5.73 Å². The number of nitrogens with two attached hydrogens (primary N) is 1. The third-order valence-electron chi connectivity index (χ3n) is 6.24. The highest BCUT2D eigenvalue weighted by atomic mass is 16.2. The topological polar surface area (TPSA) is 96.2 Å². The van der Waals surface area contributed by atoms with Crippen molar-refractivity contribution in [1.82, 2.24) is 10.6 Å². The highest BCUT2D eigenvalue weighted by Crippen LogP contribution is 2.23. The molecule has 0 radical (unpaired) electrons. The van der Waals surface area contributed by atoms with Crippen LogP contribution in [0.5, 0.6) is 0 Å². The van der Waals surface area contributed by atoms with E-state index in [0.717, 1.165) is 29.5 Å². The number of amides is 2. The predicted molar refractivity (Wildman–Crippen MR) is 141 cm³/mol. The van der Waals surface area contributed by atoms with E-state index in [2.05, 4.69) is 16.0 Å². The second-order valence-corrected chi connectivity index (χ2v) is 8.86. The average Bonchev–Trinajstić information content (AvgIpc) is 3.40. The molecule has 35 heavy (non-hydrogen) atoms. The van der Waals surface area contributed by atoms with E-state index in [1.807, 2.05) is 66.7 Å². The van der Waals surface area contributed by atoms with Gasteiger partial charge in [-0.2, -0.15) is 0 Å². The number of rotatable bonds is 9. The van der Waals surface area contributed by atoms with Crippen LogP contribution in [0.2, 0.25) is 0 Å². The Labute approximate surface area is 206 Å². The summed E-state index contributed by atoms with van der Waals surface area (Å²) < 4.78 is 0. The minimum absolute atomic E-state index is 0.0381. The fraction of sp³-hybridized carbons (Fsp3) is 0.241. The van der Waals surface area contributed by atoms with Crippen molar-refractivity contribution in [1.29, 1.82) is 0 Å². The lowest BCUT2D eigenvalue weighted by molar-refractivity contribution is -0.123. The van der Waals surface area contributed by atoms with Crippen molar-refractivity contribution in [3.05, 3.63) is 102 Å². The largest absolute Gasteiger partial charge is 0.397 e. The maximum absolute atomic E-state index is 13.2. The molecule has 4 rings (SSSR count). The number of hydrogen-bond donors (Lipinski definition) is 4. The summed E-state index contributed by atoms with van der Waals surface area (Å²) in [5.41, 5.74) is 9.82. The van der Waals surface area contributed by atoms with E-state index in [-0.39, 0.29) is 11.8 Å². The highest BCUT2D eigenvalue weighted by molar-refractivity contribution is 6.03. The van der Waals surface area contributed by atoms with Crippen LogP contribution in [-0.4, -0.2) is 17.9 Å². The van der Waals surface area contributed by atoms with Crippen molar-refractivity contribution < 1.29 is 9.59 Å². The van der Waals surface area contributed by atoms with Crippen LogP contribution < -0.4 is 21.7 Å². The van der Waals surface area contributed by atoms with Gasteiger partial charge in [0.2, 0.25) is 11.8 Å². The van der Waals surface area contributed by atoms with Crippen molar-refractivity contribution in [3.8, 4) is 0 Å². The van der Waals surface area contributed by atoms with Gasteiger partial charge in [-0.25, -0.2) is 0 Å². The molecule has 1 aliphatic rings. The smallest absolute Gasteiger partial charge is 0.248 e. The van der Waals surface area contributed by atoms with Gasteiger partial charge in [-0.15, -0.1) is 0 Å². The third-order valence-corrected chi connectivity index (χ3v) is 6.24. The molecule has 2 amide bonds. The number of nitrogens with one attached hydrogen (secondary N) is 3. The van der Waals surface area contributed by atoms with Gasteiger partial charge in [0.1, 0.15) is 6.04 Å². The Morgan fingerprint density at radius 3 is 2.31 bits per heavy atom. The van der Waals surface area contributed by atoms with Crippen LogP contribution in [0.25, 0.3) is 6.08 Å². The van der Waals surface area contributed by atoms with Gasteiger partial charge in [0.15, 0.2) is 0 Å². The molecule has 0 saturated heterocycles. The van der Waals surface area contributed by atoms with Crippen molar-refractivity contribution >= 4 is 29.3 Å². The number of hydrogen-bond acceptors (Lipinski definition) is 4. The van der Waals surface area contributed by atoms with Crippen LogP contribution >= 0.6 is 0 Å². The standard InChI is InChI=1S/C29H32N4O2/c30-25-12-6-7-13-26(25)33-27(34)19-16-21-14-17-23(18-15-21)28(32-24-10-4-5-11-24)29(35)31-20-22-8-2-1-3-9-22/h1-3,6-9,12-19,24,28,32H,4-5,10-11,20,30H2,(H,31,35)(H,33,34)/b19-16+. The molecule has 1 atom stereocenters. The number of nitrogen functional groups attached to an aromatic ring is 1. The Bertz CT molecular complexity index is 1150. The molecular weight excluding hydrogens is 436 g/mol. The molecule has 1 fully saturated rings. The zero-order valence-corrected chi connectivity index (χ0v) is 19.7. The Morgan fingerprint density at radius 2 is 1.60 bits per heavy atom. The number of carbonyl (C=O) groups excluding carboxylic acids is 2. The quantitative estimate of drug-likeness (QED) is 0.268. The lowest BCUT2D eigenvalue weighted by Gasteiger charge is -2.23. The molecule has 6 heteroatoms. The summed E-state index contributed by atoms with van der Waals surface area (Å²) in [6.07, 6.45) is 7.77. The van der Waals surface area contributed by atoms with Gasteiger partial charge in [0, 0.05) is 18.7 Å². The fourth-order valence-electron chi connectivity index (χ4n) is 4.30. The second kappa shape index (κ2) is 12.0. The predicted octanol–water partition coefficient (Wildman–Crippen LogP) is 4.81. The normalized spacial score (nSPS) is 14.6. The van der Waals surface area contributed by atoms with Gasteiger partial charge in [0.25, 0.3) is 0 Å². The minimum atomic E-state index is -0.427. The van der Waals surface area contributed by atoms with Gasteiger partial charge in [-0.1, -0.05) is 79.6 Å². The van der Waals surface area contributed by atoms with Crippen LogP contribution in [0.3, 0.4) is 0 Å². The van der Waals surface area contributed by atoms with E-state index in [1.165, 1.54) is 18.9 Å². The third kappa shape index (κ3) is 7.04. The maximum atomic E-state index is 13.2. The first-order valence-electron chi connectivity index (χ1n) is 12.1. The number of carbonyl (C=O) groups is 2. The Morgan fingerprint density at radius 1 is 0.914 bits per heavy atom. The summed E-state index contributed by atoms with van der Waals surface area (Å²) in [6.45, 7) is 0.490. The van der Waals surface area contributed by atoms with Crippen LogP contribution in [0.15, 0.2) is 84.9 Å². The first-order valence-corrected chi connectivity index (χ1v) is 12.1. The first kappa shape index (κ1) is 24.2. The number of benzene rings is 3. The molecule has 0 aromatic heterocycles. The molecule has 0 bridgehead atoms. The number of anilines is 2. The van der Waals surface area contributed by atoms with Crippen LogP contribution in [0, 0.1) is 0 Å². The molecule has 3 aromatic carbocycles. The van der Waals surface area contributed by atoms with Crippen molar-refractivity contribution in [2.45, 2.75) is 44.3 Å². The highest BCUT2D eigenvalue weighted by Gasteiger charge is 2.25. The minimum Gasteiger partial charge on any atom is -0.397 e. The van der Waals surface area contributed by atoms with E-state index in [9.17, 15) is 9.59 Å². The van der Waals surface area contributed by atoms with Gasteiger partial charge >= 0.3 is 0 Å². The van der Waals surface area contributed by atoms with Gasteiger partial charge in [0.05, 0.1) is 11.4 Å². The Hall–Kier alpha value is -3.90. The summed E-state index contributed by atoms with van der Waals surface area (Å²) >= 11 is 0. The van der Waals surface area contributed by atoms with Crippen molar-refractivity contribution in [2.75, 3.05) is 11.1 Å². The molecule has 0 aliphatic heterocycles. The first-order chi connectivity index (χ1) is 17.1. The van der Waals surface area contributed by atoms with Gasteiger partial charge in [-0.3, -0.25) is 14.9 Å². The molecule has 180 valence electrons. The average molecular weight is 469 g/mol. The summed E-state index contributed by atoms with van der Waals surface area (Å²) in [4.78, 5) is 25.4. The van der Waals surface area contributed by atoms with Gasteiger partial charge in [-0.05, 0) is 47.7 Å².